The van der Waals surface area contributed by atoms with Gasteiger partial charge in [-0.05, 0) is 37.1 Å². The van der Waals surface area contributed by atoms with E-state index in [1.54, 1.807) is 0 Å². The minimum Gasteiger partial charge on any atom is -0.376 e. The highest BCUT2D eigenvalue weighted by Gasteiger charge is 2.29. The van der Waals surface area contributed by atoms with Crippen molar-refractivity contribution in [2.24, 2.45) is 0 Å². The zero-order chi connectivity index (χ0) is 15.2. The molecule has 1 amide bonds. The van der Waals surface area contributed by atoms with E-state index in [2.05, 4.69) is 11.8 Å². The van der Waals surface area contributed by atoms with E-state index < -0.39 is 0 Å². The van der Waals surface area contributed by atoms with Crippen LogP contribution in [-0.2, 0) is 9.53 Å². The van der Waals surface area contributed by atoms with Gasteiger partial charge in [-0.3, -0.25) is 4.79 Å². The van der Waals surface area contributed by atoms with Crippen LogP contribution in [0.5, 0.6) is 0 Å². The van der Waals surface area contributed by atoms with Gasteiger partial charge < -0.3 is 9.64 Å². The third-order valence-electron chi connectivity index (χ3n) is 4.12. The van der Waals surface area contributed by atoms with E-state index in [0.717, 1.165) is 42.9 Å². The van der Waals surface area contributed by atoms with Crippen molar-refractivity contribution in [1.29, 1.82) is 0 Å². The van der Waals surface area contributed by atoms with Crippen LogP contribution in [0.25, 0.3) is 0 Å². The molecule has 22 heavy (non-hydrogen) atoms. The maximum Gasteiger partial charge on any atom is 0.299 e. The van der Waals surface area contributed by atoms with Crippen LogP contribution >= 0.6 is 11.8 Å². The first kappa shape index (κ1) is 15.5. The number of amides is 1. The zero-order valence-corrected chi connectivity index (χ0v) is 13.5. The van der Waals surface area contributed by atoms with Gasteiger partial charge in [0.2, 0.25) is 0 Å². The Hall–Kier alpha value is -1.44. The van der Waals surface area contributed by atoms with Crippen LogP contribution in [0.3, 0.4) is 0 Å². The molecule has 116 valence electrons. The van der Waals surface area contributed by atoms with Crippen LogP contribution in [0.2, 0.25) is 0 Å². The molecule has 4 heteroatoms. The molecule has 0 aliphatic carbocycles. The average Bonchev–Trinajstić information content (AvgIpc) is 3.24. The number of thioether (sulfide) groups is 1. The Morgan fingerprint density at radius 1 is 1.32 bits per heavy atom. The number of nitrogens with zero attached hydrogens (tertiary/aromatic N) is 1. The Balaban J connectivity index is 1.70. The number of rotatable bonds is 3. The third-order valence-corrected chi connectivity index (χ3v) is 5.26. The summed E-state index contributed by atoms with van der Waals surface area (Å²) >= 11 is 1.92. The monoisotopic (exact) mass is 315 g/mol. The number of hydrogen-bond acceptors (Lipinski definition) is 3. The van der Waals surface area contributed by atoms with Crippen LogP contribution in [0.15, 0.2) is 30.3 Å². The van der Waals surface area contributed by atoms with Gasteiger partial charge in [0.1, 0.15) is 0 Å². The quantitative estimate of drug-likeness (QED) is 0.803. The van der Waals surface area contributed by atoms with Crippen LogP contribution in [0.1, 0.15) is 24.8 Å². The molecule has 3 nitrogen and oxygen atoms in total. The second-order valence-corrected chi connectivity index (χ2v) is 6.88. The zero-order valence-electron chi connectivity index (χ0n) is 12.7. The number of benzene rings is 1. The summed E-state index contributed by atoms with van der Waals surface area (Å²) in [5.74, 6) is 7.89. The number of ether oxygens (including phenoxy) is 1. The molecule has 0 bridgehead atoms. The highest BCUT2D eigenvalue weighted by Crippen LogP contribution is 2.24. The van der Waals surface area contributed by atoms with E-state index in [4.69, 9.17) is 4.74 Å². The lowest BCUT2D eigenvalue weighted by Gasteiger charge is -2.28. The Morgan fingerprint density at radius 2 is 2.18 bits per heavy atom. The summed E-state index contributed by atoms with van der Waals surface area (Å²) in [6.07, 6.45) is 3.40. The van der Waals surface area contributed by atoms with Crippen molar-refractivity contribution in [3.63, 3.8) is 0 Å². The van der Waals surface area contributed by atoms with Gasteiger partial charge in [0.15, 0.2) is 0 Å². The predicted octanol–water partition coefficient (Wildman–Crippen LogP) is 2.55. The van der Waals surface area contributed by atoms with Crippen LogP contribution in [0, 0.1) is 11.8 Å². The highest BCUT2D eigenvalue weighted by atomic mass is 32.2. The summed E-state index contributed by atoms with van der Waals surface area (Å²) in [4.78, 5) is 14.5. The first-order valence-corrected chi connectivity index (χ1v) is 9.05. The topological polar surface area (TPSA) is 29.5 Å². The Morgan fingerprint density at radius 3 is 2.86 bits per heavy atom. The summed E-state index contributed by atoms with van der Waals surface area (Å²) in [5.41, 5.74) is 0.883. The predicted molar refractivity (Wildman–Crippen MR) is 89.7 cm³/mol. The van der Waals surface area contributed by atoms with Gasteiger partial charge in [0.25, 0.3) is 5.91 Å². The number of carbonyl (C=O) groups is 1. The van der Waals surface area contributed by atoms with Crippen molar-refractivity contribution < 1.29 is 9.53 Å². The second kappa shape index (κ2) is 7.71. The fraction of sp³-hybridized carbons (Fsp3) is 0.500. The molecule has 0 spiro atoms. The SMILES string of the molecule is O=C(C#Cc1ccccc1)N(C[C@H]1CCCO1)[C@@H]1CCSC1. The van der Waals surface area contributed by atoms with Gasteiger partial charge in [-0.25, -0.2) is 0 Å². The van der Waals surface area contributed by atoms with E-state index >= 15 is 0 Å². The summed E-state index contributed by atoms with van der Waals surface area (Å²) in [6.45, 7) is 1.51. The summed E-state index contributed by atoms with van der Waals surface area (Å²) in [7, 11) is 0. The van der Waals surface area contributed by atoms with Crippen molar-refractivity contribution >= 4 is 17.7 Å². The molecule has 0 saturated carbocycles. The smallest absolute Gasteiger partial charge is 0.299 e. The normalized spacial score (nSPS) is 23.8. The van der Waals surface area contributed by atoms with Crippen LogP contribution < -0.4 is 0 Å². The van der Waals surface area contributed by atoms with Crippen molar-refractivity contribution in [2.45, 2.75) is 31.4 Å². The largest absolute Gasteiger partial charge is 0.376 e. The lowest BCUT2D eigenvalue weighted by Crippen LogP contribution is -2.44. The highest BCUT2D eigenvalue weighted by molar-refractivity contribution is 7.99. The van der Waals surface area contributed by atoms with E-state index in [0.29, 0.717) is 12.6 Å². The Labute approximate surface area is 136 Å². The van der Waals surface area contributed by atoms with Crippen molar-refractivity contribution in [3.8, 4) is 11.8 Å². The standard InChI is InChI=1S/C18H21NO2S/c20-18(9-8-15-5-2-1-3-6-15)19(16-10-12-22-14-16)13-17-7-4-11-21-17/h1-3,5-6,16-17H,4,7,10-14H2/t16-,17-/m1/s1. The Bertz CT molecular complexity index is 551. The average molecular weight is 315 g/mol. The lowest BCUT2D eigenvalue weighted by atomic mass is 10.1. The molecule has 2 fully saturated rings. The summed E-state index contributed by atoms with van der Waals surface area (Å²) < 4.78 is 5.71. The molecule has 1 aromatic rings. The second-order valence-electron chi connectivity index (χ2n) is 5.73. The van der Waals surface area contributed by atoms with Crippen molar-refractivity contribution in [1.82, 2.24) is 4.90 Å². The molecule has 2 aliphatic rings. The van der Waals surface area contributed by atoms with Crippen molar-refractivity contribution in [2.75, 3.05) is 24.7 Å². The molecule has 2 aliphatic heterocycles. The van der Waals surface area contributed by atoms with Crippen molar-refractivity contribution in [3.05, 3.63) is 35.9 Å². The summed E-state index contributed by atoms with van der Waals surface area (Å²) in [5, 5.41) is 0. The Kier molecular flexibility index (Phi) is 5.42. The summed E-state index contributed by atoms with van der Waals surface area (Å²) in [6, 6.07) is 9.99. The van der Waals surface area contributed by atoms with Gasteiger partial charge in [-0.15, -0.1) is 0 Å². The van der Waals surface area contributed by atoms with E-state index in [1.165, 1.54) is 0 Å². The first-order valence-electron chi connectivity index (χ1n) is 7.90. The number of hydrogen-bond donors (Lipinski definition) is 0. The van der Waals surface area contributed by atoms with Crippen LogP contribution in [0.4, 0.5) is 0 Å². The first-order chi connectivity index (χ1) is 10.8. The van der Waals surface area contributed by atoms with E-state index in [-0.39, 0.29) is 12.0 Å². The molecule has 0 aromatic heterocycles. The van der Waals surface area contributed by atoms with Crippen LogP contribution in [-0.4, -0.2) is 47.6 Å². The van der Waals surface area contributed by atoms with Gasteiger partial charge in [0.05, 0.1) is 6.10 Å². The molecule has 0 radical (unpaired) electrons. The maximum absolute atomic E-state index is 12.6. The minimum absolute atomic E-state index is 0.0631. The molecule has 2 atom stereocenters. The minimum atomic E-state index is -0.0631. The molecular weight excluding hydrogens is 294 g/mol. The molecule has 0 N–H and O–H groups in total. The fourth-order valence-corrected chi connectivity index (χ4v) is 4.12. The van der Waals surface area contributed by atoms with E-state index in [1.807, 2.05) is 47.0 Å². The van der Waals surface area contributed by atoms with Gasteiger partial charge in [-0.2, -0.15) is 11.8 Å². The van der Waals surface area contributed by atoms with Gasteiger partial charge in [0, 0.05) is 36.4 Å². The molecule has 2 heterocycles. The van der Waals surface area contributed by atoms with Gasteiger partial charge >= 0.3 is 0 Å². The maximum atomic E-state index is 12.6. The molecule has 0 unspecified atom stereocenters. The van der Waals surface area contributed by atoms with Gasteiger partial charge in [-0.1, -0.05) is 24.1 Å². The molecular formula is C18H21NO2S. The van der Waals surface area contributed by atoms with E-state index in [9.17, 15) is 4.79 Å². The third kappa shape index (κ3) is 4.06. The molecule has 3 rings (SSSR count). The number of carbonyl (C=O) groups excluding carboxylic acids is 1. The fourth-order valence-electron chi connectivity index (χ4n) is 2.89. The molecule has 1 aromatic carbocycles. The molecule has 2 saturated heterocycles. The lowest BCUT2D eigenvalue weighted by molar-refractivity contribution is -0.128.